The highest BCUT2D eigenvalue weighted by molar-refractivity contribution is 5.95. The van der Waals surface area contributed by atoms with Gasteiger partial charge in [0.05, 0.1) is 5.56 Å². The summed E-state index contributed by atoms with van der Waals surface area (Å²) in [4.78, 5) is 32.9. The Morgan fingerprint density at radius 3 is 2.71 bits per heavy atom. The normalized spacial score (nSPS) is 18.0. The first-order valence-electron chi connectivity index (χ1n) is 12.3. The molecule has 7 nitrogen and oxygen atoms in total. The molecule has 0 spiro atoms. The van der Waals surface area contributed by atoms with Gasteiger partial charge in [-0.3, -0.25) is 14.9 Å². The molecule has 1 fully saturated rings. The van der Waals surface area contributed by atoms with Crippen molar-refractivity contribution in [1.29, 1.82) is 0 Å². The van der Waals surface area contributed by atoms with Crippen molar-refractivity contribution in [3.63, 3.8) is 0 Å². The van der Waals surface area contributed by atoms with Crippen molar-refractivity contribution >= 4 is 11.8 Å². The van der Waals surface area contributed by atoms with Gasteiger partial charge in [-0.15, -0.1) is 0 Å². The largest absolute Gasteiger partial charge is 0.478 e. The maximum Gasteiger partial charge on any atom is 0.337 e. The number of nitrogens with zero attached hydrogens (tertiary/aromatic N) is 3. The van der Waals surface area contributed by atoms with Crippen molar-refractivity contribution in [2.24, 2.45) is 11.8 Å². The summed E-state index contributed by atoms with van der Waals surface area (Å²) in [7, 11) is 0. The highest BCUT2D eigenvalue weighted by Crippen LogP contribution is 2.34. The van der Waals surface area contributed by atoms with E-state index in [-0.39, 0.29) is 17.3 Å². The van der Waals surface area contributed by atoms with Crippen LogP contribution in [0.25, 0.3) is 11.1 Å². The fourth-order valence-electron chi connectivity index (χ4n) is 4.95. The van der Waals surface area contributed by atoms with Crippen LogP contribution in [-0.2, 0) is 6.42 Å². The van der Waals surface area contributed by atoms with Crippen LogP contribution in [0.3, 0.4) is 0 Å². The average molecular weight is 461 g/mol. The molecule has 0 bridgehead atoms. The van der Waals surface area contributed by atoms with E-state index >= 15 is 0 Å². The van der Waals surface area contributed by atoms with Crippen LogP contribution in [0.4, 0.5) is 0 Å². The van der Waals surface area contributed by atoms with Gasteiger partial charge in [-0.25, -0.2) is 9.78 Å². The van der Waals surface area contributed by atoms with Gasteiger partial charge in [-0.2, -0.15) is 5.10 Å². The van der Waals surface area contributed by atoms with Crippen LogP contribution in [0.15, 0.2) is 42.7 Å². The third-order valence-corrected chi connectivity index (χ3v) is 6.81. The first kappa shape index (κ1) is 23.8. The van der Waals surface area contributed by atoms with Gasteiger partial charge in [0.25, 0.3) is 0 Å². The topological polar surface area (TPSA) is 109 Å². The van der Waals surface area contributed by atoms with Gasteiger partial charge in [0, 0.05) is 24.7 Å². The van der Waals surface area contributed by atoms with Gasteiger partial charge in [-0.1, -0.05) is 69.7 Å². The zero-order valence-corrected chi connectivity index (χ0v) is 19.7. The molecule has 1 aliphatic rings. The van der Waals surface area contributed by atoms with Gasteiger partial charge in [0.15, 0.2) is 0 Å². The number of pyridine rings is 1. The minimum Gasteiger partial charge on any atom is -0.478 e. The number of carbonyl (C=O) groups is 2. The summed E-state index contributed by atoms with van der Waals surface area (Å²) in [5, 5.41) is 16.5. The summed E-state index contributed by atoms with van der Waals surface area (Å²) < 4.78 is 0. The maximum atomic E-state index is 13.0. The molecule has 4 rings (SSSR count). The average Bonchev–Trinajstić information content (AvgIpc) is 3.33. The highest BCUT2D eigenvalue weighted by Gasteiger charge is 2.29. The lowest BCUT2D eigenvalue weighted by molar-refractivity contribution is 0.0697. The molecule has 0 amide bonds. The van der Waals surface area contributed by atoms with Crippen LogP contribution in [0.2, 0.25) is 0 Å². The molecule has 1 saturated carbocycles. The highest BCUT2D eigenvalue weighted by atomic mass is 16.4. The monoisotopic (exact) mass is 460 g/mol. The summed E-state index contributed by atoms with van der Waals surface area (Å²) >= 11 is 0. The van der Waals surface area contributed by atoms with Gasteiger partial charge >= 0.3 is 5.97 Å². The Morgan fingerprint density at radius 1 is 1.12 bits per heavy atom. The predicted octanol–water partition coefficient (Wildman–Crippen LogP) is 5.73. The Kier molecular flexibility index (Phi) is 7.83. The number of aromatic carboxylic acids is 1. The predicted molar refractivity (Wildman–Crippen MR) is 130 cm³/mol. The number of ketones is 1. The van der Waals surface area contributed by atoms with Gasteiger partial charge in [-0.05, 0) is 41.5 Å². The Balaban J connectivity index is 1.38. The fourth-order valence-corrected chi connectivity index (χ4v) is 4.95. The number of aromatic amines is 1. The number of benzene rings is 1. The van der Waals surface area contributed by atoms with E-state index in [1.165, 1.54) is 38.3 Å². The third kappa shape index (κ3) is 5.76. The quantitative estimate of drug-likeness (QED) is 0.296. The van der Waals surface area contributed by atoms with E-state index in [4.69, 9.17) is 0 Å². The van der Waals surface area contributed by atoms with E-state index in [1.54, 1.807) is 12.3 Å². The third-order valence-electron chi connectivity index (χ3n) is 6.81. The number of hydrogen-bond donors (Lipinski definition) is 2. The molecule has 0 aliphatic heterocycles. The fraction of sp³-hybridized carbons (Fsp3) is 0.444. The van der Waals surface area contributed by atoms with E-state index in [0.717, 1.165) is 30.4 Å². The number of rotatable bonds is 10. The van der Waals surface area contributed by atoms with Crippen molar-refractivity contribution in [2.45, 2.75) is 64.7 Å². The number of nitrogens with one attached hydrogen (secondary N) is 1. The maximum absolute atomic E-state index is 13.0. The van der Waals surface area contributed by atoms with Crippen molar-refractivity contribution in [1.82, 2.24) is 20.2 Å². The van der Waals surface area contributed by atoms with E-state index in [0.29, 0.717) is 29.6 Å². The summed E-state index contributed by atoms with van der Waals surface area (Å²) in [6, 6.07) is 9.35. The number of carboxylic acids is 1. The van der Waals surface area contributed by atoms with Crippen LogP contribution in [-0.4, -0.2) is 37.0 Å². The van der Waals surface area contributed by atoms with E-state index < -0.39 is 5.97 Å². The first-order chi connectivity index (χ1) is 16.5. The molecule has 2 N–H and O–H groups in total. The lowest BCUT2D eigenvalue weighted by atomic mass is 9.77. The van der Waals surface area contributed by atoms with Gasteiger partial charge in [0.1, 0.15) is 5.82 Å². The minimum absolute atomic E-state index is 0.0344. The smallest absolute Gasteiger partial charge is 0.337 e. The molecule has 1 aromatic carbocycles. The second-order valence-corrected chi connectivity index (χ2v) is 9.30. The number of carbonyl (C=O) groups excluding carboxylic acids is 1. The summed E-state index contributed by atoms with van der Waals surface area (Å²) in [5.41, 5.74) is 2.60. The number of aromatic nitrogens is 4. The molecule has 1 aliphatic carbocycles. The van der Waals surface area contributed by atoms with Crippen molar-refractivity contribution in [3.8, 4) is 11.1 Å². The Hall–Kier alpha value is -3.35. The van der Waals surface area contributed by atoms with Crippen molar-refractivity contribution in [3.05, 3.63) is 65.5 Å². The molecule has 0 radical (unpaired) electrons. The first-order valence-corrected chi connectivity index (χ1v) is 12.3. The molecule has 0 saturated heterocycles. The molecule has 2 unspecified atom stereocenters. The lowest BCUT2D eigenvalue weighted by Crippen LogP contribution is -2.24. The number of Topliss-reactive ketones (excluding diaryl/α,β-unsaturated/α-hetero) is 1. The summed E-state index contributed by atoms with van der Waals surface area (Å²) in [5.74, 6) is 0.698. The van der Waals surface area contributed by atoms with E-state index in [2.05, 4.69) is 27.1 Å². The molecule has 2 atom stereocenters. The zero-order chi connectivity index (χ0) is 23.9. The summed E-state index contributed by atoms with van der Waals surface area (Å²) in [6.45, 7) is 2.22. The van der Waals surface area contributed by atoms with Crippen LogP contribution in [0.5, 0.6) is 0 Å². The number of unbranched alkanes of at least 4 members (excludes halogenated alkanes) is 2. The minimum atomic E-state index is -1.00. The molecule has 2 heterocycles. The molecule has 178 valence electrons. The molecule has 2 aromatic heterocycles. The Morgan fingerprint density at radius 2 is 1.94 bits per heavy atom. The molecule has 3 aromatic rings. The van der Waals surface area contributed by atoms with Gasteiger partial charge in [0.2, 0.25) is 11.6 Å². The van der Waals surface area contributed by atoms with Crippen LogP contribution in [0.1, 0.15) is 90.7 Å². The zero-order valence-electron chi connectivity index (χ0n) is 19.7. The molecule has 34 heavy (non-hydrogen) atoms. The summed E-state index contributed by atoms with van der Waals surface area (Å²) in [6.07, 6.45) is 12.7. The standard InChI is InChI=1S/C27H32N4O3/c1-2-3-4-6-18-7-5-8-21(15-18)25(32)26-29-24(30-31-26)16-19-9-11-20(12-10-19)22-13-14-28-17-23(22)27(33)34/h9-14,17-18,21H,2-8,15-16H2,1H3,(H,33,34)(H,29,30,31). The Bertz CT molecular complexity index is 1120. The number of carboxylic acid groups (broad SMARTS) is 1. The van der Waals surface area contributed by atoms with Crippen LogP contribution < -0.4 is 0 Å². The lowest BCUT2D eigenvalue weighted by Gasteiger charge is -2.27. The second kappa shape index (κ2) is 11.2. The molecular weight excluding hydrogens is 428 g/mol. The second-order valence-electron chi connectivity index (χ2n) is 9.30. The van der Waals surface area contributed by atoms with Gasteiger partial charge < -0.3 is 5.11 Å². The van der Waals surface area contributed by atoms with E-state index in [9.17, 15) is 14.7 Å². The number of H-pyrrole nitrogens is 1. The van der Waals surface area contributed by atoms with Crippen molar-refractivity contribution < 1.29 is 14.7 Å². The van der Waals surface area contributed by atoms with Crippen LogP contribution >= 0.6 is 0 Å². The SMILES string of the molecule is CCCCCC1CCCC(C(=O)c2n[nH]c(Cc3ccc(-c4ccncc4C(=O)O)cc3)n2)C1. The molecular formula is C27H32N4O3. The number of hydrogen-bond acceptors (Lipinski definition) is 5. The Labute approximate surface area is 200 Å². The van der Waals surface area contributed by atoms with E-state index in [1.807, 2.05) is 24.3 Å². The molecule has 7 heteroatoms. The van der Waals surface area contributed by atoms with Crippen molar-refractivity contribution in [2.75, 3.05) is 0 Å². The van der Waals surface area contributed by atoms with Crippen LogP contribution in [0, 0.1) is 11.8 Å².